The lowest BCUT2D eigenvalue weighted by molar-refractivity contribution is 0.176. The van der Waals surface area contributed by atoms with Crippen LogP contribution in [0.3, 0.4) is 0 Å². The van der Waals surface area contributed by atoms with E-state index in [1.54, 1.807) is 6.20 Å². The Morgan fingerprint density at radius 2 is 2.50 bits per heavy atom. The highest BCUT2D eigenvalue weighted by atomic mass is 35.5. The summed E-state index contributed by atoms with van der Waals surface area (Å²) in [5.74, 6) is 0.598. The predicted molar refractivity (Wildman–Crippen MR) is 74.0 cm³/mol. The quantitative estimate of drug-likeness (QED) is 0.861. The lowest BCUT2D eigenvalue weighted by Crippen LogP contribution is -2.39. The number of pyridine rings is 1. The highest BCUT2D eigenvalue weighted by molar-refractivity contribution is 6.31. The lowest BCUT2D eigenvalue weighted by Gasteiger charge is -2.24. The van der Waals surface area contributed by atoms with Crippen molar-refractivity contribution in [2.24, 2.45) is 5.92 Å². The van der Waals surface area contributed by atoms with Crippen molar-refractivity contribution in [1.29, 1.82) is 0 Å². The Morgan fingerprint density at radius 1 is 1.61 bits per heavy atom. The fraction of sp³-hybridized carbons (Fsp3) is 0.643. The van der Waals surface area contributed by atoms with E-state index in [1.165, 1.54) is 5.56 Å². The van der Waals surface area contributed by atoms with Crippen molar-refractivity contribution in [3.8, 4) is 0 Å². The van der Waals surface area contributed by atoms with Crippen LogP contribution in [0.2, 0.25) is 5.02 Å². The molecule has 4 heteroatoms. The second-order valence-corrected chi connectivity index (χ2v) is 5.26. The maximum Gasteiger partial charge on any atom is 0.0621 e. The summed E-state index contributed by atoms with van der Waals surface area (Å²) in [4.78, 5) is 4.03. The predicted octanol–water partition coefficient (Wildman–Crippen LogP) is 2.68. The molecule has 1 saturated heterocycles. The molecule has 1 aromatic rings. The monoisotopic (exact) mass is 268 g/mol. The van der Waals surface area contributed by atoms with Gasteiger partial charge in [-0.3, -0.25) is 4.98 Å². The maximum absolute atomic E-state index is 6.19. The summed E-state index contributed by atoms with van der Waals surface area (Å²) in [5, 5.41) is 4.39. The third kappa shape index (κ3) is 3.67. The number of hydrogen-bond acceptors (Lipinski definition) is 3. The van der Waals surface area contributed by atoms with Gasteiger partial charge in [-0.15, -0.1) is 0 Å². The van der Waals surface area contributed by atoms with Gasteiger partial charge in [-0.1, -0.05) is 18.5 Å². The van der Waals surface area contributed by atoms with Crippen LogP contribution in [0.15, 0.2) is 18.5 Å². The van der Waals surface area contributed by atoms with Gasteiger partial charge in [0, 0.05) is 31.0 Å². The van der Waals surface area contributed by atoms with Gasteiger partial charge in [0.25, 0.3) is 0 Å². The molecule has 3 nitrogen and oxygen atoms in total. The Hall–Kier alpha value is -0.640. The van der Waals surface area contributed by atoms with Crippen molar-refractivity contribution in [3.05, 3.63) is 29.0 Å². The van der Waals surface area contributed by atoms with Gasteiger partial charge >= 0.3 is 0 Å². The first kappa shape index (κ1) is 13.8. The minimum absolute atomic E-state index is 0.451. The SMILES string of the molecule is CCCNC(Cc1ccncc1Cl)C1CCOC1. The second-order valence-electron chi connectivity index (χ2n) is 4.86. The van der Waals surface area contributed by atoms with Crippen LogP contribution < -0.4 is 5.32 Å². The van der Waals surface area contributed by atoms with Gasteiger partial charge in [-0.25, -0.2) is 0 Å². The minimum atomic E-state index is 0.451. The zero-order valence-corrected chi connectivity index (χ0v) is 11.6. The van der Waals surface area contributed by atoms with Crippen LogP contribution in [0.5, 0.6) is 0 Å². The molecule has 18 heavy (non-hydrogen) atoms. The first-order chi connectivity index (χ1) is 8.81. The molecule has 2 atom stereocenters. The number of nitrogens with zero attached hydrogens (tertiary/aromatic N) is 1. The molecule has 1 N–H and O–H groups in total. The molecular formula is C14H21ClN2O. The van der Waals surface area contributed by atoms with Crippen molar-refractivity contribution in [1.82, 2.24) is 10.3 Å². The zero-order chi connectivity index (χ0) is 12.8. The molecule has 0 radical (unpaired) electrons. The molecule has 0 bridgehead atoms. The number of nitrogens with one attached hydrogen (secondary N) is 1. The zero-order valence-electron chi connectivity index (χ0n) is 10.9. The average molecular weight is 269 g/mol. The molecule has 1 aliphatic rings. The number of halogens is 1. The van der Waals surface area contributed by atoms with Crippen molar-refractivity contribution < 1.29 is 4.74 Å². The van der Waals surface area contributed by atoms with E-state index in [4.69, 9.17) is 16.3 Å². The molecule has 2 rings (SSSR count). The number of rotatable bonds is 6. The summed E-state index contributed by atoms with van der Waals surface area (Å²) in [6.45, 7) is 4.99. The van der Waals surface area contributed by atoms with E-state index >= 15 is 0 Å². The molecule has 0 amide bonds. The van der Waals surface area contributed by atoms with E-state index in [-0.39, 0.29) is 0 Å². The van der Waals surface area contributed by atoms with Crippen LogP contribution in [-0.4, -0.2) is 30.8 Å². The highest BCUT2D eigenvalue weighted by Crippen LogP contribution is 2.23. The number of hydrogen-bond donors (Lipinski definition) is 1. The minimum Gasteiger partial charge on any atom is -0.381 e. The molecule has 1 fully saturated rings. The van der Waals surface area contributed by atoms with Gasteiger partial charge < -0.3 is 10.1 Å². The third-order valence-electron chi connectivity index (χ3n) is 3.49. The van der Waals surface area contributed by atoms with E-state index in [9.17, 15) is 0 Å². The van der Waals surface area contributed by atoms with E-state index in [0.717, 1.165) is 44.0 Å². The van der Waals surface area contributed by atoms with Crippen LogP contribution in [0.25, 0.3) is 0 Å². The van der Waals surface area contributed by atoms with Crippen LogP contribution in [0, 0.1) is 5.92 Å². The Labute approximate surface area is 114 Å². The standard InChI is InChI=1S/C14H21ClN2O/c1-2-5-17-14(12-4-7-18-10-12)8-11-3-6-16-9-13(11)15/h3,6,9,12,14,17H,2,4-5,7-8,10H2,1H3. The summed E-state index contributed by atoms with van der Waals surface area (Å²) in [6.07, 6.45) is 6.77. The molecule has 0 aliphatic carbocycles. The fourth-order valence-corrected chi connectivity index (χ4v) is 2.61. The van der Waals surface area contributed by atoms with E-state index < -0.39 is 0 Å². The molecule has 2 unspecified atom stereocenters. The molecule has 0 saturated carbocycles. The van der Waals surface area contributed by atoms with Gasteiger partial charge in [0.15, 0.2) is 0 Å². The van der Waals surface area contributed by atoms with Gasteiger partial charge in [-0.05, 0) is 37.4 Å². The van der Waals surface area contributed by atoms with Gasteiger partial charge in [0.05, 0.1) is 11.6 Å². The van der Waals surface area contributed by atoms with Crippen LogP contribution in [-0.2, 0) is 11.2 Å². The molecule has 100 valence electrons. The normalized spacial score (nSPS) is 21.1. The largest absolute Gasteiger partial charge is 0.381 e. The summed E-state index contributed by atoms with van der Waals surface area (Å²) >= 11 is 6.19. The average Bonchev–Trinajstić information content (AvgIpc) is 2.90. The molecule has 1 aliphatic heterocycles. The van der Waals surface area contributed by atoms with Gasteiger partial charge in [0.1, 0.15) is 0 Å². The van der Waals surface area contributed by atoms with E-state index in [0.29, 0.717) is 12.0 Å². The van der Waals surface area contributed by atoms with Crippen molar-refractivity contribution in [3.63, 3.8) is 0 Å². The molecule has 2 heterocycles. The second kappa shape index (κ2) is 7.07. The highest BCUT2D eigenvalue weighted by Gasteiger charge is 2.25. The van der Waals surface area contributed by atoms with Crippen LogP contribution >= 0.6 is 11.6 Å². The van der Waals surface area contributed by atoms with Gasteiger partial charge in [-0.2, -0.15) is 0 Å². The molecule has 0 aromatic carbocycles. The fourth-order valence-electron chi connectivity index (χ4n) is 2.41. The first-order valence-electron chi connectivity index (χ1n) is 6.70. The van der Waals surface area contributed by atoms with Crippen LogP contribution in [0.4, 0.5) is 0 Å². The molecular weight excluding hydrogens is 248 g/mol. The summed E-state index contributed by atoms with van der Waals surface area (Å²) in [7, 11) is 0. The van der Waals surface area contributed by atoms with Crippen molar-refractivity contribution in [2.75, 3.05) is 19.8 Å². The molecule has 0 spiro atoms. The Morgan fingerprint density at radius 3 is 3.17 bits per heavy atom. The Bertz CT molecular complexity index is 367. The first-order valence-corrected chi connectivity index (χ1v) is 7.08. The lowest BCUT2D eigenvalue weighted by atomic mass is 9.93. The Balaban J connectivity index is 2.02. The van der Waals surface area contributed by atoms with Gasteiger partial charge in [0.2, 0.25) is 0 Å². The third-order valence-corrected chi connectivity index (χ3v) is 3.83. The van der Waals surface area contributed by atoms with E-state index in [2.05, 4.69) is 17.2 Å². The summed E-state index contributed by atoms with van der Waals surface area (Å²) in [5.41, 5.74) is 1.17. The van der Waals surface area contributed by atoms with E-state index in [1.807, 2.05) is 12.3 Å². The van der Waals surface area contributed by atoms with Crippen LogP contribution in [0.1, 0.15) is 25.3 Å². The topological polar surface area (TPSA) is 34.2 Å². The summed E-state index contributed by atoms with van der Waals surface area (Å²) in [6, 6.07) is 2.46. The number of aromatic nitrogens is 1. The van der Waals surface area contributed by atoms with Crippen molar-refractivity contribution in [2.45, 2.75) is 32.2 Å². The smallest absolute Gasteiger partial charge is 0.0621 e. The number of ether oxygens (including phenoxy) is 1. The van der Waals surface area contributed by atoms with Crippen molar-refractivity contribution >= 4 is 11.6 Å². The molecule has 1 aromatic heterocycles. The maximum atomic E-state index is 6.19. The Kier molecular flexibility index (Phi) is 5.42. The summed E-state index contributed by atoms with van der Waals surface area (Å²) < 4.78 is 5.50.